The SMILES string of the molecule is NC(=S)Cn1cccc(OCc2ccc(Cl)cc2)c1=O. The molecule has 20 heavy (non-hydrogen) atoms. The molecule has 0 bridgehead atoms. The van der Waals surface area contributed by atoms with Gasteiger partial charge in [-0.25, -0.2) is 0 Å². The Labute approximate surface area is 126 Å². The molecule has 0 amide bonds. The predicted octanol–water partition coefficient (Wildman–Crippen LogP) is 2.37. The van der Waals surface area contributed by atoms with Gasteiger partial charge in [0.25, 0.3) is 5.56 Å². The number of aromatic nitrogens is 1. The number of pyridine rings is 1. The monoisotopic (exact) mass is 308 g/mol. The van der Waals surface area contributed by atoms with Gasteiger partial charge in [0.1, 0.15) is 6.61 Å². The number of rotatable bonds is 5. The van der Waals surface area contributed by atoms with E-state index >= 15 is 0 Å². The van der Waals surface area contributed by atoms with Gasteiger partial charge in [-0.2, -0.15) is 0 Å². The van der Waals surface area contributed by atoms with Gasteiger partial charge in [-0.3, -0.25) is 4.79 Å². The fourth-order valence-corrected chi connectivity index (χ4v) is 1.92. The highest BCUT2D eigenvalue weighted by atomic mass is 35.5. The van der Waals surface area contributed by atoms with E-state index in [9.17, 15) is 4.79 Å². The number of thiocarbonyl (C=S) groups is 1. The lowest BCUT2D eigenvalue weighted by Gasteiger charge is -2.09. The van der Waals surface area contributed by atoms with E-state index in [4.69, 9.17) is 34.3 Å². The van der Waals surface area contributed by atoms with Crippen LogP contribution in [-0.4, -0.2) is 9.56 Å². The van der Waals surface area contributed by atoms with Gasteiger partial charge in [0, 0.05) is 11.2 Å². The molecule has 0 aliphatic heterocycles. The van der Waals surface area contributed by atoms with Crippen molar-refractivity contribution in [1.29, 1.82) is 0 Å². The molecule has 0 unspecified atom stereocenters. The van der Waals surface area contributed by atoms with Gasteiger partial charge in [-0.15, -0.1) is 0 Å². The van der Waals surface area contributed by atoms with Gasteiger partial charge >= 0.3 is 0 Å². The van der Waals surface area contributed by atoms with Crippen LogP contribution in [-0.2, 0) is 13.2 Å². The first-order chi connectivity index (χ1) is 9.56. The van der Waals surface area contributed by atoms with E-state index in [1.165, 1.54) is 4.57 Å². The van der Waals surface area contributed by atoms with E-state index in [1.54, 1.807) is 30.5 Å². The zero-order valence-electron chi connectivity index (χ0n) is 10.6. The summed E-state index contributed by atoms with van der Waals surface area (Å²) in [5.74, 6) is 0.263. The summed E-state index contributed by atoms with van der Waals surface area (Å²) in [5, 5.41) is 0.660. The number of ether oxygens (including phenoxy) is 1. The lowest BCUT2D eigenvalue weighted by Crippen LogP contribution is -2.27. The lowest BCUT2D eigenvalue weighted by molar-refractivity contribution is 0.299. The minimum absolute atomic E-state index is 0.201. The second-order valence-electron chi connectivity index (χ2n) is 4.19. The number of nitrogens with two attached hydrogens (primary N) is 1. The molecular formula is C14H13ClN2O2S. The van der Waals surface area contributed by atoms with Crippen molar-refractivity contribution in [3.63, 3.8) is 0 Å². The van der Waals surface area contributed by atoms with Gasteiger partial charge in [0.2, 0.25) is 0 Å². The van der Waals surface area contributed by atoms with Crippen molar-refractivity contribution in [2.75, 3.05) is 0 Å². The standard InChI is InChI=1S/C14H13ClN2O2S/c15-11-5-3-10(4-6-11)9-19-12-2-1-7-17(14(12)18)8-13(16)20/h1-7H,8-9H2,(H2,16,20). The highest BCUT2D eigenvalue weighted by Gasteiger charge is 2.05. The molecule has 0 aliphatic carbocycles. The Morgan fingerprint density at radius 3 is 2.65 bits per heavy atom. The molecule has 1 heterocycles. The van der Waals surface area contributed by atoms with E-state index < -0.39 is 0 Å². The Morgan fingerprint density at radius 2 is 2.00 bits per heavy atom. The molecule has 1 aromatic carbocycles. The quantitative estimate of drug-likeness (QED) is 0.862. The van der Waals surface area contributed by atoms with E-state index in [0.717, 1.165) is 5.56 Å². The van der Waals surface area contributed by atoms with Crippen molar-refractivity contribution in [3.05, 3.63) is 63.5 Å². The summed E-state index contributed by atoms with van der Waals surface area (Å²) < 4.78 is 6.94. The Balaban J connectivity index is 2.11. The third-order valence-corrected chi connectivity index (χ3v) is 3.00. The molecule has 0 spiro atoms. The summed E-state index contributed by atoms with van der Waals surface area (Å²) in [6.45, 7) is 0.496. The van der Waals surface area contributed by atoms with Crippen LogP contribution in [0.4, 0.5) is 0 Å². The average Bonchev–Trinajstić information content (AvgIpc) is 2.41. The summed E-state index contributed by atoms with van der Waals surface area (Å²) in [7, 11) is 0. The Bertz CT molecular complexity index is 668. The smallest absolute Gasteiger partial charge is 0.293 e. The fourth-order valence-electron chi connectivity index (χ4n) is 1.66. The maximum atomic E-state index is 12.1. The third kappa shape index (κ3) is 3.82. The molecule has 104 valence electrons. The highest BCUT2D eigenvalue weighted by Crippen LogP contribution is 2.11. The molecule has 0 saturated carbocycles. The van der Waals surface area contributed by atoms with Crippen molar-refractivity contribution in [3.8, 4) is 5.75 Å². The molecule has 0 radical (unpaired) electrons. The number of hydrogen-bond acceptors (Lipinski definition) is 3. The van der Waals surface area contributed by atoms with Crippen LogP contribution in [0.1, 0.15) is 5.56 Å². The van der Waals surface area contributed by atoms with E-state index in [0.29, 0.717) is 11.6 Å². The van der Waals surface area contributed by atoms with Crippen LogP contribution in [0.5, 0.6) is 5.75 Å². The van der Waals surface area contributed by atoms with Crippen molar-refractivity contribution in [2.24, 2.45) is 5.73 Å². The number of nitrogens with zero attached hydrogens (tertiary/aromatic N) is 1. The summed E-state index contributed by atoms with van der Waals surface area (Å²) in [6, 6.07) is 10.6. The normalized spacial score (nSPS) is 10.2. The van der Waals surface area contributed by atoms with Gasteiger partial charge < -0.3 is 15.0 Å². The second-order valence-corrected chi connectivity index (χ2v) is 5.15. The van der Waals surface area contributed by atoms with Crippen LogP contribution >= 0.6 is 23.8 Å². The molecule has 2 aromatic rings. The van der Waals surface area contributed by atoms with E-state index in [1.807, 2.05) is 12.1 Å². The molecule has 0 saturated heterocycles. The second kappa shape index (κ2) is 6.54. The summed E-state index contributed by atoms with van der Waals surface area (Å²) in [6.07, 6.45) is 1.62. The zero-order valence-corrected chi connectivity index (χ0v) is 12.2. The number of halogens is 1. The maximum Gasteiger partial charge on any atom is 0.293 e. The Hall–Kier alpha value is -1.85. The first kappa shape index (κ1) is 14.6. The zero-order chi connectivity index (χ0) is 14.5. The first-order valence-electron chi connectivity index (χ1n) is 5.91. The Kier molecular flexibility index (Phi) is 4.76. The summed E-state index contributed by atoms with van der Waals surface area (Å²) in [5.41, 5.74) is 6.11. The van der Waals surface area contributed by atoms with Crippen LogP contribution in [0, 0.1) is 0 Å². The van der Waals surface area contributed by atoms with Crippen LogP contribution in [0.15, 0.2) is 47.4 Å². The van der Waals surface area contributed by atoms with E-state index in [-0.39, 0.29) is 22.8 Å². The Morgan fingerprint density at radius 1 is 1.30 bits per heavy atom. The minimum atomic E-state index is -0.255. The molecule has 4 nitrogen and oxygen atoms in total. The molecular weight excluding hydrogens is 296 g/mol. The highest BCUT2D eigenvalue weighted by molar-refractivity contribution is 7.80. The first-order valence-corrected chi connectivity index (χ1v) is 6.70. The van der Waals surface area contributed by atoms with Gasteiger partial charge in [0.05, 0.1) is 11.5 Å². The topological polar surface area (TPSA) is 57.2 Å². The van der Waals surface area contributed by atoms with Crippen LogP contribution in [0.3, 0.4) is 0 Å². The van der Waals surface area contributed by atoms with Crippen molar-refractivity contribution >= 4 is 28.8 Å². The minimum Gasteiger partial charge on any atom is -0.483 e. The third-order valence-electron chi connectivity index (χ3n) is 2.62. The molecule has 1 aromatic heterocycles. The van der Waals surface area contributed by atoms with Crippen molar-refractivity contribution in [1.82, 2.24) is 4.57 Å². The number of benzene rings is 1. The van der Waals surface area contributed by atoms with Crippen LogP contribution in [0.25, 0.3) is 0 Å². The average molecular weight is 309 g/mol. The summed E-state index contributed by atoms with van der Waals surface area (Å²) >= 11 is 10.6. The molecule has 0 atom stereocenters. The van der Waals surface area contributed by atoms with Crippen molar-refractivity contribution < 1.29 is 4.74 Å². The maximum absolute atomic E-state index is 12.1. The molecule has 2 rings (SSSR count). The molecule has 6 heteroatoms. The largest absolute Gasteiger partial charge is 0.483 e. The predicted molar refractivity (Wildman–Crippen MR) is 83.3 cm³/mol. The molecule has 0 fully saturated rings. The number of hydrogen-bond donors (Lipinski definition) is 1. The van der Waals surface area contributed by atoms with Crippen LogP contribution in [0.2, 0.25) is 5.02 Å². The van der Waals surface area contributed by atoms with Crippen LogP contribution < -0.4 is 16.0 Å². The van der Waals surface area contributed by atoms with Gasteiger partial charge in [0.15, 0.2) is 5.75 Å². The molecule has 2 N–H and O–H groups in total. The van der Waals surface area contributed by atoms with Crippen molar-refractivity contribution in [2.45, 2.75) is 13.2 Å². The fraction of sp³-hybridized carbons (Fsp3) is 0.143. The summed E-state index contributed by atoms with van der Waals surface area (Å²) in [4.78, 5) is 12.3. The molecule has 0 aliphatic rings. The lowest BCUT2D eigenvalue weighted by atomic mass is 10.2. The van der Waals surface area contributed by atoms with E-state index in [2.05, 4.69) is 0 Å². The van der Waals surface area contributed by atoms with Gasteiger partial charge in [-0.05, 0) is 29.8 Å². The van der Waals surface area contributed by atoms with Gasteiger partial charge in [-0.1, -0.05) is 36.0 Å².